The van der Waals surface area contributed by atoms with Gasteiger partial charge in [0.15, 0.2) is 16.3 Å². The van der Waals surface area contributed by atoms with E-state index in [-0.39, 0.29) is 30.5 Å². The highest BCUT2D eigenvalue weighted by Crippen LogP contribution is 2.36. The average molecular weight is 679 g/mol. The molecule has 0 amide bonds. The fraction of sp³-hybridized carbons (Fsp3) is 0.256. The van der Waals surface area contributed by atoms with Gasteiger partial charge in [0.05, 0.1) is 35.6 Å². The Hall–Kier alpha value is -5.19. The summed E-state index contributed by atoms with van der Waals surface area (Å²) in [5.74, 6) is 1.12. The molecule has 0 bridgehead atoms. The van der Waals surface area contributed by atoms with Crippen molar-refractivity contribution < 1.29 is 28.5 Å². The lowest BCUT2D eigenvalue weighted by atomic mass is 9.95. The van der Waals surface area contributed by atoms with E-state index in [1.807, 2.05) is 74.5 Å². The van der Waals surface area contributed by atoms with Crippen molar-refractivity contribution in [2.75, 3.05) is 27.4 Å². The van der Waals surface area contributed by atoms with E-state index in [9.17, 15) is 9.59 Å². The summed E-state index contributed by atoms with van der Waals surface area (Å²) in [4.78, 5) is 33.0. The standard InChI is InChI=1S/C39H38N2O7S/c1-24(2)48-31-16-9-8-15-30(31)36-35(38(43)46-20-19-44-4)25(3)40-39-41(36)37(42)34(49-39)22-26-17-18-32(33(21-26)45-5)47-23-28-13-10-12-27-11-6-7-14-29(27)28/h6-18,21-22,24,36H,19-20,23H2,1-5H3/b34-22+/t36-/m0/s1. The summed E-state index contributed by atoms with van der Waals surface area (Å²) in [5.41, 5.74) is 2.91. The first-order valence-corrected chi connectivity index (χ1v) is 16.8. The van der Waals surface area contributed by atoms with Crippen LogP contribution in [0.25, 0.3) is 16.8 Å². The summed E-state index contributed by atoms with van der Waals surface area (Å²) in [7, 11) is 3.12. The van der Waals surface area contributed by atoms with Crippen LogP contribution in [0.15, 0.2) is 106 Å². The number of fused-ring (bicyclic) bond motifs is 2. The molecule has 0 fully saturated rings. The number of allylic oxidation sites excluding steroid dienone is 1. The van der Waals surface area contributed by atoms with Gasteiger partial charge in [-0.05, 0) is 66.9 Å². The lowest BCUT2D eigenvalue weighted by molar-refractivity contribution is -0.140. The molecule has 0 aliphatic carbocycles. The van der Waals surface area contributed by atoms with Crippen molar-refractivity contribution in [3.05, 3.63) is 133 Å². The van der Waals surface area contributed by atoms with E-state index >= 15 is 0 Å². The molecule has 0 N–H and O–H groups in total. The number of carbonyl (C=O) groups excluding carboxylic acids is 1. The maximum Gasteiger partial charge on any atom is 0.338 e. The first-order valence-electron chi connectivity index (χ1n) is 16.0. The number of para-hydroxylation sites is 1. The van der Waals surface area contributed by atoms with Gasteiger partial charge in [0.2, 0.25) is 0 Å². The van der Waals surface area contributed by atoms with E-state index in [0.717, 1.165) is 21.9 Å². The SMILES string of the molecule is COCCOC(=O)C1=C(C)N=c2s/c(=C/c3ccc(OCc4cccc5ccccc45)c(OC)c3)c(=O)n2[C@H]1c1ccccc1OC(C)C. The van der Waals surface area contributed by atoms with E-state index in [1.165, 1.54) is 18.4 Å². The zero-order valence-corrected chi connectivity index (χ0v) is 28.9. The number of thiazole rings is 1. The van der Waals surface area contributed by atoms with Crippen LogP contribution in [0.4, 0.5) is 0 Å². The Morgan fingerprint density at radius 3 is 2.51 bits per heavy atom. The molecule has 10 heteroatoms. The van der Waals surface area contributed by atoms with Crippen LogP contribution >= 0.6 is 11.3 Å². The second-order valence-corrected chi connectivity index (χ2v) is 12.8. The Morgan fingerprint density at radius 1 is 0.939 bits per heavy atom. The van der Waals surface area contributed by atoms with Gasteiger partial charge in [0.1, 0.15) is 25.0 Å². The van der Waals surface area contributed by atoms with Gasteiger partial charge < -0.3 is 23.7 Å². The predicted molar refractivity (Wildman–Crippen MR) is 190 cm³/mol. The van der Waals surface area contributed by atoms with Crippen molar-refractivity contribution in [3.63, 3.8) is 0 Å². The Bertz CT molecular complexity index is 2210. The van der Waals surface area contributed by atoms with Gasteiger partial charge in [-0.2, -0.15) is 0 Å². The van der Waals surface area contributed by atoms with Crippen LogP contribution in [0.1, 0.15) is 43.5 Å². The fourth-order valence-electron chi connectivity index (χ4n) is 5.86. The molecule has 2 heterocycles. The van der Waals surface area contributed by atoms with Gasteiger partial charge in [-0.25, -0.2) is 9.79 Å². The smallest absolute Gasteiger partial charge is 0.338 e. The highest BCUT2D eigenvalue weighted by molar-refractivity contribution is 7.07. The molecule has 1 aromatic heterocycles. The normalized spacial score (nSPS) is 14.5. The molecule has 1 atom stereocenters. The summed E-state index contributed by atoms with van der Waals surface area (Å²) < 4.78 is 30.7. The number of carbonyl (C=O) groups is 1. The summed E-state index contributed by atoms with van der Waals surface area (Å²) in [5, 5.41) is 2.28. The van der Waals surface area contributed by atoms with Gasteiger partial charge in [0.25, 0.3) is 5.56 Å². The van der Waals surface area contributed by atoms with Crippen molar-refractivity contribution in [3.8, 4) is 17.2 Å². The molecular formula is C39H38N2O7S. The molecule has 4 aromatic carbocycles. The van der Waals surface area contributed by atoms with Crippen molar-refractivity contribution in [2.45, 2.75) is 39.5 Å². The van der Waals surface area contributed by atoms with Crippen LogP contribution in [-0.2, 0) is 20.9 Å². The van der Waals surface area contributed by atoms with Crippen molar-refractivity contribution >= 4 is 34.2 Å². The number of nitrogens with zero attached hydrogens (tertiary/aromatic N) is 2. The van der Waals surface area contributed by atoms with Crippen LogP contribution < -0.4 is 29.1 Å². The number of rotatable bonds is 12. The lowest BCUT2D eigenvalue weighted by Crippen LogP contribution is -2.40. The number of hydrogen-bond donors (Lipinski definition) is 0. The molecule has 9 nitrogen and oxygen atoms in total. The van der Waals surface area contributed by atoms with Gasteiger partial charge in [-0.1, -0.05) is 78.1 Å². The third-order valence-corrected chi connectivity index (χ3v) is 9.07. The van der Waals surface area contributed by atoms with E-state index in [2.05, 4.69) is 24.3 Å². The van der Waals surface area contributed by atoms with Crippen molar-refractivity contribution in [1.82, 2.24) is 4.57 Å². The summed E-state index contributed by atoms with van der Waals surface area (Å²) >= 11 is 1.25. The Labute approximate surface area is 288 Å². The highest BCUT2D eigenvalue weighted by atomic mass is 32.1. The second kappa shape index (κ2) is 14.9. The molecule has 0 spiro atoms. The van der Waals surface area contributed by atoms with E-state index in [1.54, 1.807) is 24.7 Å². The first kappa shape index (κ1) is 33.7. The van der Waals surface area contributed by atoms with Crippen LogP contribution in [0, 0.1) is 0 Å². The molecule has 0 saturated heterocycles. The second-order valence-electron chi connectivity index (χ2n) is 11.8. The van der Waals surface area contributed by atoms with Crippen LogP contribution in [0.5, 0.6) is 17.2 Å². The first-order chi connectivity index (χ1) is 23.8. The van der Waals surface area contributed by atoms with Gasteiger partial charge >= 0.3 is 5.97 Å². The summed E-state index contributed by atoms with van der Waals surface area (Å²) in [6, 6.07) is 26.5. The van der Waals surface area contributed by atoms with Crippen LogP contribution in [0.2, 0.25) is 0 Å². The Balaban J connectivity index is 1.38. The van der Waals surface area contributed by atoms with Gasteiger partial charge in [0, 0.05) is 12.7 Å². The third-order valence-electron chi connectivity index (χ3n) is 8.09. The minimum absolute atomic E-state index is 0.0663. The number of methoxy groups -OCH3 is 2. The largest absolute Gasteiger partial charge is 0.493 e. The molecule has 0 saturated carbocycles. The average Bonchev–Trinajstić information content (AvgIpc) is 3.40. The Kier molecular flexibility index (Phi) is 10.3. The van der Waals surface area contributed by atoms with Crippen LogP contribution in [-0.4, -0.2) is 44.1 Å². The maximum atomic E-state index is 14.2. The quantitative estimate of drug-likeness (QED) is 0.119. The highest BCUT2D eigenvalue weighted by Gasteiger charge is 2.35. The fourth-order valence-corrected chi connectivity index (χ4v) is 6.91. The predicted octanol–water partition coefficient (Wildman–Crippen LogP) is 5.95. The van der Waals surface area contributed by atoms with Gasteiger partial charge in [-0.15, -0.1) is 0 Å². The minimum Gasteiger partial charge on any atom is -0.493 e. The molecular weight excluding hydrogens is 641 g/mol. The number of esters is 1. The van der Waals surface area contributed by atoms with Gasteiger partial charge in [-0.3, -0.25) is 9.36 Å². The van der Waals surface area contributed by atoms with Crippen LogP contribution in [0.3, 0.4) is 0 Å². The number of benzene rings is 4. The van der Waals surface area contributed by atoms with E-state index in [0.29, 0.717) is 44.4 Å². The monoisotopic (exact) mass is 678 g/mol. The molecule has 49 heavy (non-hydrogen) atoms. The molecule has 1 aliphatic heterocycles. The minimum atomic E-state index is -0.817. The Morgan fingerprint density at radius 2 is 1.71 bits per heavy atom. The maximum absolute atomic E-state index is 14.2. The van der Waals surface area contributed by atoms with Crippen molar-refractivity contribution in [2.24, 2.45) is 4.99 Å². The molecule has 0 radical (unpaired) electrons. The zero-order valence-electron chi connectivity index (χ0n) is 28.1. The topological polar surface area (TPSA) is 97.6 Å². The molecule has 252 valence electrons. The molecule has 0 unspecified atom stereocenters. The van der Waals surface area contributed by atoms with E-state index in [4.69, 9.17) is 28.7 Å². The molecule has 6 rings (SSSR count). The number of aromatic nitrogens is 1. The lowest BCUT2D eigenvalue weighted by Gasteiger charge is -2.27. The molecule has 5 aromatic rings. The summed E-state index contributed by atoms with van der Waals surface area (Å²) in [6.07, 6.45) is 1.66. The van der Waals surface area contributed by atoms with E-state index < -0.39 is 12.0 Å². The number of hydrogen-bond acceptors (Lipinski definition) is 9. The zero-order chi connectivity index (χ0) is 34.5. The third kappa shape index (κ3) is 7.16. The summed E-state index contributed by atoms with van der Waals surface area (Å²) in [6.45, 7) is 6.29. The molecule has 1 aliphatic rings. The number of ether oxygens (including phenoxy) is 5. The van der Waals surface area contributed by atoms with Crippen molar-refractivity contribution in [1.29, 1.82) is 0 Å².